The van der Waals surface area contributed by atoms with Gasteiger partial charge >= 0.3 is 0 Å². The molecule has 0 spiro atoms. The van der Waals surface area contributed by atoms with E-state index in [0.717, 1.165) is 18.5 Å². The molecule has 1 aromatic carbocycles. The van der Waals surface area contributed by atoms with Gasteiger partial charge in [-0.2, -0.15) is 0 Å². The minimum atomic E-state index is 0.417. The number of rotatable bonds is 9. The summed E-state index contributed by atoms with van der Waals surface area (Å²) in [4.78, 5) is 2.09. The highest BCUT2D eigenvalue weighted by Crippen LogP contribution is 2.21. The first-order chi connectivity index (χ1) is 9.13. The fraction of sp³-hybridized carbons (Fsp3) is 0.647. The Bertz CT molecular complexity index is 360. The molecule has 0 aliphatic rings. The van der Waals surface area contributed by atoms with Crippen LogP contribution in [0.1, 0.15) is 56.6 Å². The molecule has 0 radical (unpaired) electrons. The van der Waals surface area contributed by atoms with Gasteiger partial charge in [-0.3, -0.25) is 0 Å². The molecule has 1 aromatic rings. The maximum Gasteiger partial charge on any atom is 0.120 e. The molecule has 0 aliphatic carbocycles. The van der Waals surface area contributed by atoms with Crippen molar-refractivity contribution in [2.24, 2.45) is 0 Å². The van der Waals surface area contributed by atoms with Gasteiger partial charge in [0.05, 0.1) is 0 Å². The second kappa shape index (κ2) is 8.98. The quantitative estimate of drug-likeness (QED) is 0.669. The van der Waals surface area contributed by atoms with E-state index in [-0.39, 0.29) is 0 Å². The van der Waals surface area contributed by atoms with E-state index in [0.29, 0.717) is 5.75 Å². The number of benzene rings is 1. The monoisotopic (exact) mass is 263 g/mol. The summed E-state index contributed by atoms with van der Waals surface area (Å²) in [7, 11) is 4.06. The van der Waals surface area contributed by atoms with E-state index < -0.39 is 0 Å². The summed E-state index contributed by atoms with van der Waals surface area (Å²) in [6, 6.07) is 6.05. The van der Waals surface area contributed by atoms with Crippen LogP contribution in [-0.4, -0.2) is 24.1 Å². The molecule has 0 aliphatic heterocycles. The number of phenols is 1. The zero-order valence-electron chi connectivity index (χ0n) is 12.8. The second-order valence-electron chi connectivity index (χ2n) is 5.72. The lowest BCUT2D eigenvalue weighted by Gasteiger charge is -2.12. The van der Waals surface area contributed by atoms with E-state index >= 15 is 0 Å². The number of phenolic OH excluding ortho intramolecular Hbond substituents is 1. The molecule has 0 saturated heterocycles. The van der Waals surface area contributed by atoms with Crippen molar-refractivity contribution >= 4 is 0 Å². The van der Waals surface area contributed by atoms with E-state index in [1.807, 2.05) is 20.2 Å². The molecule has 2 nitrogen and oxygen atoms in total. The summed E-state index contributed by atoms with van der Waals surface area (Å²) in [5.74, 6) is 0.417. The summed E-state index contributed by atoms with van der Waals surface area (Å²) in [5, 5.41) is 9.83. The van der Waals surface area contributed by atoms with Crippen molar-refractivity contribution in [2.75, 3.05) is 14.1 Å². The Morgan fingerprint density at radius 3 is 2.37 bits per heavy atom. The van der Waals surface area contributed by atoms with Gasteiger partial charge in [-0.05, 0) is 38.6 Å². The molecule has 0 heterocycles. The molecule has 1 rings (SSSR count). The van der Waals surface area contributed by atoms with Crippen molar-refractivity contribution in [3.05, 3.63) is 29.3 Å². The summed E-state index contributed by atoms with van der Waals surface area (Å²) in [6.45, 7) is 3.05. The van der Waals surface area contributed by atoms with Crippen molar-refractivity contribution in [3.63, 3.8) is 0 Å². The highest BCUT2D eigenvalue weighted by molar-refractivity contribution is 5.36. The van der Waals surface area contributed by atoms with Gasteiger partial charge in [0.15, 0.2) is 0 Å². The Labute approximate surface area is 118 Å². The minimum absolute atomic E-state index is 0.417. The lowest BCUT2D eigenvalue weighted by Crippen LogP contribution is -2.11. The summed E-state index contributed by atoms with van der Waals surface area (Å²) >= 11 is 0. The molecule has 0 saturated carbocycles. The van der Waals surface area contributed by atoms with Crippen LogP contribution in [-0.2, 0) is 13.0 Å². The van der Waals surface area contributed by atoms with Crippen molar-refractivity contribution in [2.45, 2.75) is 58.4 Å². The van der Waals surface area contributed by atoms with Crippen LogP contribution in [0.5, 0.6) is 5.75 Å². The molecular formula is C17H29NO. The molecule has 108 valence electrons. The molecular weight excluding hydrogens is 234 g/mol. The third-order valence-electron chi connectivity index (χ3n) is 3.45. The number of nitrogens with zero attached hydrogens (tertiary/aromatic N) is 1. The highest BCUT2D eigenvalue weighted by atomic mass is 16.3. The second-order valence-corrected chi connectivity index (χ2v) is 5.72. The molecule has 19 heavy (non-hydrogen) atoms. The summed E-state index contributed by atoms with van der Waals surface area (Å²) in [5.41, 5.74) is 2.39. The van der Waals surface area contributed by atoms with Crippen LogP contribution in [0.3, 0.4) is 0 Å². The number of aryl methyl sites for hydroxylation is 1. The lowest BCUT2D eigenvalue weighted by atomic mass is 10.0. The van der Waals surface area contributed by atoms with Gasteiger partial charge in [-0.1, -0.05) is 51.2 Å². The average molecular weight is 263 g/mol. The summed E-state index contributed by atoms with van der Waals surface area (Å²) < 4.78 is 0. The number of aromatic hydroxyl groups is 1. The predicted octanol–water partition coefficient (Wildman–Crippen LogP) is 4.36. The number of hydrogen-bond donors (Lipinski definition) is 1. The normalized spacial score (nSPS) is 11.2. The number of hydrogen-bond acceptors (Lipinski definition) is 2. The summed E-state index contributed by atoms with van der Waals surface area (Å²) in [6.07, 6.45) is 9.12. The maximum atomic E-state index is 9.83. The maximum absolute atomic E-state index is 9.83. The Morgan fingerprint density at radius 1 is 1.00 bits per heavy atom. The molecule has 0 atom stereocenters. The lowest BCUT2D eigenvalue weighted by molar-refractivity contribution is 0.385. The van der Waals surface area contributed by atoms with Gasteiger partial charge < -0.3 is 10.0 Å². The van der Waals surface area contributed by atoms with Crippen LogP contribution in [0.25, 0.3) is 0 Å². The predicted molar refractivity (Wildman–Crippen MR) is 82.6 cm³/mol. The van der Waals surface area contributed by atoms with E-state index in [1.165, 1.54) is 44.1 Å². The average Bonchev–Trinajstić information content (AvgIpc) is 2.37. The van der Waals surface area contributed by atoms with Gasteiger partial charge in [0, 0.05) is 12.1 Å². The van der Waals surface area contributed by atoms with Gasteiger partial charge in [-0.15, -0.1) is 0 Å². The zero-order chi connectivity index (χ0) is 14.1. The molecule has 2 heteroatoms. The molecule has 0 fully saturated rings. The smallest absolute Gasteiger partial charge is 0.120 e. The SMILES string of the molecule is CCCCCCCCc1ccc(O)c(CN(C)C)c1. The third kappa shape index (κ3) is 6.63. The van der Waals surface area contributed by atoms with Crippen LogP contribution in [0.15, 0.2) is 18.2 Å². The molecule has 1 N–H and O–H groups in total. The first-order valence-electron chi connectivity index (χ1n) is 7.59. The Balaban J connectivity index is 2.37. The zero-order valence-corrected chi connectivity index (χ0v) is 12.8. The van der Waals surface area contributed by atoms with Gasteiger partial charge in [0.1, 0.15) is 5.75 Å². The van der Waals surface area contributed by atoms with Crippen LogP contribution < -0.4 is 0 Å². The first-order valence-corrected chi connectivity index (χ1v) is 7.59. The van der Waals surface area contributed by atoms with Crippen LogP contribution >= 0.6 is 0 Å². The first kappa shape index (κ1) is 16.0. The fourth-order valence-corrected chi connectivity index (χ4v) is 2.37. The van der Waals surface area contributed by atoms with Gasteiger partial charge in [0.2, 0.25) is 0 Å². The van der Waals surface area contributed by atoms with Gasteiger partial charge in [-0.25, -0.2) is 0 Å². The van der Waals surface area contributed by atoms with Crippen molar-refractivity contribution in [1.82, 2.24) is 4.90 Å². The molecule has 0 unspecified atom stereocenters. The Morgan fingerprint density at radius 2 is 1.68 bits per heavy atom. The van der Waals surface area contributed by atoms with E-state index in [2.05, 4.69) is 24.0 Å². The van der Waals surface area contributed by atoms with Crippen LogP contribution in [0.2, 0.25) is 0 Å². The Kier molecular flexibility index (Phi) is 7.57. The Hall–Kier alpha value is -1.02. The highest BCUT2D eigenvalue weighted by Gasteiger charge is 2.04. The third-order valence-corrected chi connectivity index (χ3v) is 3.45. The van der Waals surface area contributed by atoms with E-state index in [1.54, 1.807) is 0 Å². The van der Waals surface area contributed by atoms with Crippen LogP contribution in [0, 0.1) is 0 Å². The fourth-order valence-electron chi connectivity index (χ4n) is 2.37. The van der Waals surface area contributed by atoms with Crippen LogP contribution in [0.4, 0.5) is 0 Å². The van der Waals surface area contributed by atoms with Gasteiger partial charge in [0.25, 0.3) is 0 Å². The number of unbranched alkanes of at least 4 members (excludes halogenated alkanes) is 5. The van der Waals surface area contributed by atoms with E-state index in [9.17, 15) is 5.11 Å². The largest absolute Gasteiger partial charge is 0.508 e. The molecule has 0 bridgehead atoms. The van der Waals surface area contributed by atoms with Crippen molar-refractivity contribution < 1.29 is 5.11 Å². The van der Waals surface area contributed by atoms with Crippen molar-refractivity contribution in [1.29, 1.82) is 0 Å². The van der Waals surface area contributed by atoms with Crippen molar-refractivity contribution in [3.8, 4) is 5.75 Å². The minimum Gasteiger partial charge on any atom is -0.508 e. The topological polar surface area (TPSA) is 23.5 Å². The van der Waals surface area contributed by atoms with E-state index in [4.69, 9.17) is 0 Å². The molecule has 0 amide bonds. The molecule has 0 aromatic heterocycles. The standard InChI is InChI=1S/C17H29NO/c1-4-5-6-7-8-9-10-15-11-12-17(19)16(13-15)14-18(2)3/h11-13,19H,4-10,14H2,1-3H3.